The van der Waals surface area contributed by atoms with E-state index >= 15 is 0 Å². The normalized spacial score (nSPS) is 21.3. The number of hydrogen-bond acceptors (Lipinski definition) is 3. The van der Waals surface area contributed by atoms with Crippen molar-refractivity contribution in [3.05, 3.63) is 35.4 Å². The predicted molar refractivity (Wildman–Crippen MR) is 93.8 cm³/mol. The van der Waals surface area contributed by atoms with E-state index in [1.807, 2.05) is 24.3 Å². The molecule has 130 valence electrons. The van der Waals surface area contributed by atoms with Crippen LogP contribution in [-0.4, -0.2) is 50.4 Å². The molecule has 1 atom stereocenters. The molecule has 1 saturated carbocycles. The van der Waals surface area contributed by atoms with Gasteiger partial charge in [-0.1, -0.05) is 12.1 Å². The minimum absolute atomic E-state index is 0.00622. The first-order valence-corrected chi connectivity index (χ1v) is 8.81. The summed E-state index contributed by atoms with van der Waals surface area (Å²) < 4.78 is 0. The van der Waals surface area contributed by atoms with Gasteiger partial charge in [0.15, 0.2) is 0 Å². The number of rotatable bonds is 5. The Morgan fingerprint density at radius 3 is 2.75 bits per heavy atom. The molecule has 5 heteroatoms. The van der Waals surface area contributed by atoms with E-state index in [1.54, 1.807) is 19.0 Å². The van der Waals surface area contributed by atoms with Gasteiger partial charge in [0, 0.05) is 32.1 Å². The Labute approximate surface area is 143 Å². The van der Waals surface area contributed by atoms with Gasteiger partial charge in [-0.2, -0.15) is 0 Å². The highest BCUT2D eigenvalue weighted by atomic mass is 16.2. The maximum Gasteiger partial charge on any atom is 0.253 e. The lowest BCUT2D eigenvalue weighted by molar-refractivity contribution is -0.123. The summed E-state index contributed by atoms with van der Waals surface area (Å²) in [4.78, 5) is 25.9. The van der Waals surface area contributed by atoms with Crippen molar-refractivity contribution in [2.45, 2.75) is 25.7 Å². The van der Waals surface area contributed by atoms with Crippen LogP contribution in [0.5, 0.6) is 0 Å². The molecule has 1 aromatic carbocycles. The fourth-order valence-electron chi connectivity index (χ4n) is 3.77. The molecule has 1 aliphatic carbocycles. The Hall–Kier alpha value is -1.88. The number of piperidine rings is 1. The highest BCUT2D eigenvalue weighted by Gasteiger charge is 2.57. The van der Waals surface area contributed by atoms with Crippen LogP contribution < -0.4 is 10.6 Å². The van der Waals surface area contributed by atoms with E-state index in [0.717, 1.165) is 44.3 Å². The number of nitrogens with zero attached hydrogens (tertiary/aromatic N) is 1. The van der Waals surface area contributed by atoms with Crippen molar-refractivity contribution >= 4 is 11.8 Å². The average Bonchev–Trinajstić information content (AvgIpc) is 3.28. The zero-order chi connectivity index (χ0) is 17.2. The Kier molecular flexibility index (Phi) is 4.90. The number of hydrogen-bond donors (Lipinski definition) is 2. The molecule has 5 nitrogen and oxygen atoms in total. The Morgan fingerprint density at radius 1 is 1.29 bits per heavy atom. The number of carbonyl (C=O) groups is 2. The quantitative estimate of drug-likeness (QED) is 0.859. The Morgan fingerprint density at radius 2 is 2.04 bits per heavy atom. The maximum atomic E-state index is 12.3. The molecule has 1 saturated heterocycles. The number of amides is 2. The van der Waals surface area contributed by atoms with E-state index in [-0.39, 0.29) is 23.1 Å². The van der Waals surface area contributed by atoms with E-state index in [9.17, 15) is 9.59 Å². The summed E-state index contributed by atoms with van der Waals surface area (Å²) in [5.74, 6) is 0.422. The van der Waals surface area contributed by atoms with E-state index in [0.29, 0.717) is 12.1 Å². The smallest absolute Gasteiger partial charge is 0.253 e. The second-order valence-electron chi connectivity index (χ2n) is 7.31. The zero-order valence-corrected chi connectivity index (χ0v) is 14.6. The van der Waals surface area contributed by atoms with Crippen LogP contribution in [0.2, 0.25) is 0 Å². The van der Waals surface area contributed by atoms with E-state index in [2.05, 4.69) is 10.6 Å². The zero-order valence-electron chi connectivity index (χ0n) is 14.6. The molecule has 3 rings (SSSR count). The van der Waals surface area contributed by atoms with Gasteiger partial charge in [0.05, 0.1) is 0 Å². The summed E-state index contributed by atoms with van der Waals surface area (Å²) in [7, 11) is 3.50. The Bertz CT molecular complexity index is 621. The third-order valence-corrected chi connectivity index (χ3v) is 5.40. The summed E-state index contributed by atoms with van der Waals surface area (Å²) >= 11 is 0. The first-order chi connectivity index (χ1) is 11.5. The molecule has 0 radical (unpaired) electrons. The summed E-state index contributed by atoms with van der Waals surface area (Å²) in [6, 6.07) is 7.65. The first kappa shape index (κ1) is 17.0. The topological polar surface area (TPSA) is 61.4 Å². The van der Waals surface area contributed by atoms with Crippen LogP contribution in [-0.2, 0) is 11.2 Å². The van der Waals surface area contributed by atoms with E-state index in [1.165, 1.54) is 0 Å². The van der Waals surface area contributed by atoms with Gasteiger partial charge in [-0.05, 0) is 61.9 Å². The molecule has 2 amide bonds. The molecule has 0 aromatic heterocycles. The van der Waals surface area contributed by atoms with Gasteiger partial charge in [0.25, 0.3) is 5.91 Å². The third-order valence-electron chi connectivity index (χ3n) is 5.40. The SMILES string of the molecule is CN(C)C(=O)c1cccc(CCNC(=O)C2CC23CCNCC3)c1. The van der Waals surface area contributed by atoms with Gasteiger partial charge < -0.3 is 15.5 Å². The summed E-state index contributed by atoms with van der Waals surface area (Å²) in [6.07, 6.45) is 4.05. The summed E-state index contributed by atoms with van der Waals surface area (Å²) in [5.41, 5.74) is 2.06. The largest absolute Gasteiger partial charge is 0.356 e. The molecule has 24 heavy (non-hydrogen) atoms. The van der Waals surface area contributed by atoms with Crippen LogP contribution in [0.15, 0.2) is 24.3 Å². The molecular formula is C19H27N3O2. The second-order valence-corrected chi connectivity index (χ2v) is 7.31. The van der Waals surface area contributed by atoms with Crippen LogP contribution in [0, 0.1) is 11.3 Å². The van der Waals surface area contributed by atoms with Crippen molar-refractivity contribution in [2.75, 3.05) is 33.7 Å². The molecule has 1 heterocycles. The molecule has 1 aliphatic heterocycles. The monoisotopic (exact) mass is 329 g/mol. The highest BCUT2D eigenvalue weighted by Crippen LogP contribution is 2.58. The molecule has 1 spiro atoms. The minimum atomic E-state index is 0.00622. The highest BCUT2D eigenvalue weighted by molar-refractivity contribution is 5.94. The van der Waals surface area contributed by atoms with Gasteiger partial charge in [-0.3, -0.25) is 9.59 Å². The average molecular weight is 329 g/mol. The standard InChI is InChI=1S/C19H27N3O2/c1-22(2)18(24)15-5-3-4-14(12-15)6-9-21-17(23)16-13-19(16)7-10-20-11-8-19/h3-5,12,16,20H,6-11,13H2,1-2H3,(H,21,23). The van der Waals surface area contributed by atoms with E-state index in [4.69, 9.17) is 0 Å². The van der Waals surface area contributed by atoms with Gasteiger partial charge in [0.2, 0.25) is 5.91 Å². The molecule has 2 aliphatic rings. The maximum absolute atomic E-state index is 12.3. The van der Waals surface area contributed by atoms with Crippen molar-refractivity contribution < 1.29 is 9.59 Å². The predicted octanol–water partition coefficient (Wildman–Crippen LogP) is 1.44. The number of carbonyl (C=O) groups excluding carboxylic acids is 2. The second kappa shape index (κ2) is 6.93. The molecule has 1 aromatic rings. The van der Waals surface area contributed by atoms with Crippen molar-refractivity contribution in [1.82, 2.24) is 15.5 Å². The fraction of sp³-hybridized carbons (Fsp3) is 0.579. The molecular weight excluding hydrogens is 302 g/mol. The lowest BCUT2D eigenvalue weighted by atomic mass is 9.92. The fourth-order valence-corrected chi connectivity index (χ4v) is 3.77. The van der Waals surface area contributed by atoms with Gasteiger partial charge in [-0.15, -0.1) is 0 Å². The lowest BCUT2D eigenvalue weighted by Crippen LogP contribution is -2.34. The third kappa shape index (κ3) is 3.61. The lowest BCUT2D eigenvalue weighted by Gasteiger charge is -2.23. The van der Waals surface area contributed by atoms with Crippen LogP contribution in [0.4, 0.5) is 0 Å². The van der Waals surface area contributed by atoms with Crippen LogP contribution in [0.3, 0.4) is 0 Å². The summed E-state index contributed by atoms with van der Waals surface area (Å²) in [6.45, 7) is 2.70. The summed E-state index contributed by atoms with van der Waals surface area (Å²) in [5, 5.41) is 6.45. The minimum Gasteiger partial charge on any atom is -0.356 e. The molecule has 2 N–H and O–H groups in total. The van der Waals surface area contributed by atoms with Gasteiger partial charge in [-0.25, -0.2) is 0 Å². The van der Waals surface area contributed by atoms with Crippen LogP contribution in [0.1, 0.15) is 35.2 Å². The van der Waals surface area contributed by atoms with Crippen molar-refractivity contribution in [3.63, 3.8) is 0 Å². The van der Waals surface area contributed by atoms with Gasteiger partial charge >= 0.3 is 0 Å². The van der Waals surface area contributed by atoms with Gasteiger partial charge in [0.1, 0.15) is 0 Å². The van der Waals surface area contributed by atoms with Crippen molar-refractivity contribution in [3.8, 4) is 0 Å². The van der Waals surface area contributed by atoms with Crippen molar-refractivity contribution in [1.29, 1.82) is 0 Å². The molecule has 1 unspecified atom stereocenters. The number of benzene rings is 1. The van der Waals surface area contributed by atoms with Crippen LogP contribution >= 0.6 is 0 Å². The molecule has 2 fully saturated rings. The first-order valence-electron chi connectivity index (χ1n) is 8.81. The molecule has 0 bridgehead atoms. The number of nitrogens with one attached hydrogen (secondary N) is 2. The Balaban J connectivity index is 1.48. The van der Waals surface area contributed by atoms with Crippen LogP contribution in [0.25, 0.3) is 0 Å². The van der Waals surface area contributed by atoms with E-state index < -0.39 is 0 Å². The van der Waals surface area contributed by atoms with Crippen molar-refractivity contribution in [2.24, 2.45) is 11.3 Å².